The smallest absolute Gasteiger partial charge is 0.243 e. The molecule has 1 atom stereocenters. The Kier molecular flexibility index (Phi) is 8.51. The van der Waals surface area contributed by atoms with Gasteiger partial charge in [0.1, 0.15) is 12.4 Å². The number of rotatable bonds is 9. The first-order valence-electron chi connectivity index (χ1n) is 13.0. The number of nitrogens with zero attached hydrogens (tertiary/aromatic N) is 4. The lowest BCUT2D eigenvalue weighted by Crippen LogP contribution is -2.49. The number of anilines is 1. The Morgan fingerprint density at radius 3 is 2.41 bits per heavy atom. The van der Waals surface area contributed by atoms with E-state index in [1.54, 1.807) is 19.2 Å². The monoisotopic (exact) mass is 552 g/mol. The van der Waals surface area contributed by atoms with Crippen molar-refractivity contribution in [1.29, 1.82) is 0 Å². The van der Waals surface area contributed by atoms with Crippen LogP contribution < -0.4 is 9.64 Å². The summed E-state index contributed by atoms with van der Waals surface area (Å²) < 4.78 is 44.4. The van der Waals surface area contributed by atoms with Gasteiger partial charge in [-0.1, -0.05) is 24.3 Å². The van der Waals surface area contributed by atoms with Crippen molar-refractivity contribution in [2.24, 2.45) is 0 Å². The lowest BCUT2D eigenvalue weighted by atomic mass is 10.1. The number of piperazine rings is 1. The van der Waals surface area contributed by atoms with Crippen LogP contribution in [0, 0.1) is 0 Å². The van der Waals surface area contributed by atoms with Crippen LogP contribution in [0.5, 0.6) is 5.75 Å². The van der Waals surface area contributed by atoms with E-state index >= 15 is 0 Å². The van der Waals surface area contributed by atoms with Crippen LogP contribution in [0.4, 0.5) is 5.95 Å². The van der Waals surface area contributed by atoms with Gasteiger partial charge >= 0.3 is 0 Å². The molecular formula is C28H32N4O6S. The number of carbonyl (C=O) groups excluding carboxylic acids is 1. The Hall–Kier alpha value is -3.38. The van der Waals surface area contributed by atoms with E-state index in [0.29, 0.717) is 44.3 Å². The highest BCUT2D eigenvalue weighted by Gasteiger charge is 2.29. The zero-order valence-corrected chi connectivity index (χ0v) is 22.7. The molecule has 0 saturated carbocycles. The Bertz CT molecular complexity index is 1370. The van der Waals surface area contributed by atoms with E-state index in [1.165, 1.54) is 16.7 Å². The van der Waals surface area contributed by atoms with Crippen molar-refractivity contribution in [2.45, 2.75) is 30.4 Å². The predicted octanol–water partition coefficient (Wildman–Crippen LogP) is 3.39. The van der Waals surface area contributed by atoms with Crippen molar-refractivity contribution < 1.29 is 27.4 Å². The van der Waals surface area contributed by atoms with Crippen LogP contribution in [0.2, 0.25) is 0 Å². The molecular weight excluding hydrogens is 520 g/mol. The van der Waals surface area contributed by atoms with Crippen LogP contribution >= 0.6 is 0 Å². The number of ether oxygens (including phenoxy) is 3. The first-order valence-corrected chi connectivity index (χ1v) is 14.5. The highest BCUT2D eigenvalue weighted by atomic mass is 32.2. The molecule has 2 aliphatic rings. The van der Waals surface area contributed by atoms with Gasteiger partial charge in [0.05, 0.1) is 17.6 Å². The molecule has 2 saturated heterocycles. The fourth-order valence-corrected chi connectivity index (χ4v) is 6.04. The number of benzene rings is 2. The van der Waals surface area contributed by atoms with Crippen molar-refractivity contribution in [1.82, 2.24) is 14.3 Å². The number of carbonyl (C=O) groups is 1. The van der Waals surface area contributed by atoms with E-state index in [0.717, 1.165) is 36.1 Å². The number of methoxy groups -OCH3 is 1. The molecule has 5 rings (SSSR count). The van der Waals surface area contributed by atoms with Crippen LogP contribution in [0.25, 0.3) is 11.1 Å². The Labute approximate surface area is 228 Å². The van der Waals surface area contributed by atoms with Gasteiger partial charge in [-0.15, -0.1) is 0 Å². The van der Waals surface area contributed by atoms with Crippen LogP contribution in [0.15, 0.2) is 65.8 Å². The first kappa shape index (κ1) is 27.2. The molecule has 206 valence electrons. The van der Waals surface area contributed by atoms with Crippen molar-refractivity contribution in [2.75, 3.05) is 51.4 Å². The second kappa shape index (κ2) is 12.2. The van der Waals surface area contributed by atoms with Gasteiger partial charge in [-0.2, -0.15) is 4.31 Å². The Morgan fingerprint density at radius 2 is 1.74 bits per heavy atom. The Balaban J connectivity index is 1.16. The zero-order chi connectivity index (χ0) is 27.2. The molecule has 10 nitrogen and oxygen atoms in total. The zero-order valence-electron chi connectivity index (χ0n) is 21.9. The molecule has 39 heavy (non-hydrogen) atoms. The van der Waals surface area contributed by atoms with Crippen molar-refractivity contribution in [3.05, 3.63) is 66.5 Å². The average Bonchev–Trinajstić information content (AvgIpc) is 3.00. The summed E-state index contributed by atoms with van der Waals surface area (Å²) in [5.74, 6) is 0.998. The summed E-state index contributed by atoms with van der Waals surface area (Å²) in [6, 6.07) is 14.5. The van der Waals surface area contributed by atoms with E-state index < -0.39 is 10.0 Å². The van der Waals surface area contributed by atoms with Gasteiger partial charge in [0.25, 0.3) is 0 Å². The lowest BCUT2D eigenvalue weighted by molar-refractivity contribution is -0.155. The predicted molar refractivity (Wildman–Crippen MR) is 145 cm³/mol. The maximum atomic E-state index is 13.3. The van der Waals surface area contributed by atoms with Crippen molar-refractivity contribution in [3.8, 4) is 16.9 Å². The summed E-state index contributed by atoms with van der Waals surface area (Å²) >= 11 is 0. The molecule has 0 amide bonds. The third-order valence-corrected chi connectivity index (χ3v) is 8.83. The maximum Gasteiger partial charge on any atom is 0.243 e. The average molecular weight is 553 g/mol. The second-order valence-electron chi connectivity index (χ2n) is 9.45. The highest BCUT2D eigenvalue weighted by Crippen LogP contribution is 2.26. The van der Waals surface area contributed by atoms with Gasteiger partial charge in [-0.05, 0) is 54.7 Å². The molecule has 1 aromatic heterocycles. The number of sulfonamides is 1. The lowest BCUT2D eigenvalue weighted by Gasteiger charge is -2.34. The summed E-state index contributed by atoms with van der Waals surface area (Å²) in [6.07, 6.45) is 5.48. The third-order valence-electron chi connectivity index (χ3n) is 6.92. The van der Waals surface area contributed by atoms with Gasteiger partial charge in [-0.3, -0.25) is 4.79 Å². The van der Waals surface area contributed by atoms with E-state index in [-0.39, 0.29) is 23.6 Å². The molecule has 0 spiro atoms. The fourth-order valence-electron chi connectivity index (χ4n) is 4.62. The van der Waals surface area contributed by atoms with Crippen LogP contribution in [-0.2, 0) is 19.5 Å². The molecule has 0 aliphatic carbocycles. The van der Waals surface area contributed by atoms with Crippen LogP contribution in [0.1, 0.15) is 29.6 Å². The summed E-state index contributed by atoms with van der Waals surface area (Å²) in [5.41, 5.74) is 2.23. The minimum absolute atomic E-state index is 0.0789. The molecule has 0 radical (unpaired) electrons. The summed E-state index contributed by atoms with van der Waals surface area (Å²) in [5, 5.41) is 0. The fraction of sp³-hybridized carbons (Fsp3) is 0.393. The van der Waals surface area contributed by atoms with E-state index in [1.807, 2.05) is 41.3 Å². The van der Waals surface area contributed by atoms with Crippen LogP contribution in [0.3, 0.4) is 0 Å². The van der Waals surface area contributed by atoms with Gasteiger partial charge in [-0.25, -0.2) is 18.4 Å². The number of hydrogen-bond acceptors (Lipinski definition) is 9. The number of aromatic nitrogens is 2. The van der Waals surface area contributed by atoms with Gasteiger partial charge in [0, 0.05) is 45.2 Å². The largest absolute Gasteiger partial charge is 0.497 e. The van der Waals surface area contributed by atoms with Gasteiger partial charge < -0.3 is 19.1 Å². The van der Waals surface area contributed by atoms with E-state index in [2.05, 4.69) is 9.97 Å². The number of hydrogen-bond donors (Lipinski definition) is 0. The Morgan fingerprint density at radius 1 is 1.00 bits per heavy atom. The van der Waals surface area contributed by atoms with Gasteiger partial charge in [0.15, 0.2) is 12.1 Å². The van der Waals surface area contributed by atoms with Crippen LogP contribution in [-0.4, -0.2) is 81.3 Å². The van der Waals surface area contributed by atoms with Gasteiger partial charge in [0.2, 0.25) is 16.0 Å². The molecule has 0 N–H and O–H groups in total. The standard InChI is InChI=1S/C28H32N4O6S/c1-36-24-6-4-5-22(17-24)21-8-10-25(11-9-21)39(34,35)32-14-12-31(13-15-32)28-29-18-23(19-30-28)26(33)20-38-27-7-2-3-16-37-27/h4-6,8-11,17-19,27H,2-3,7,12-16,20H2,1H3. The maximum absolute atomic E-state index is 13.3. The SMILES string of the molecule is COc1cccc(-c2ccc(S(=O)(=O)N3CCN(c4ncc(C(=O)COC5CCCCO5)cn4)CC3)cc2)c1. The topological polar surface area (TPSA) is 111 Å². The third kappa shape index (κ3) is 6.44. The molecule has 3 aromatic rings. The molecule has 1 unspecified atom stereocenters. The number of Topliss-reactive ketones (excluding diaryl/α,β-unsaturated/α-hetero) is 1. The highest BCUT2D eigenvalue weighted by molar-refractivity contribution is 7.89. The van der Waals surface area contributed by atoms with Crippen molar-refractivity contribution in [3.63, 3.8) is 0 Å². The first-order chi connectivity index (χ1) is 18.9. The van der Waals surface area contributed by atoms with Crippen molar-refractivity contribution >= 4 is 21.8 Å². The quantitative estimate of drug-likeness (QED) is 0.369. The molecule has 2 aromatic carbocycles. The van der Waals surface area contributed by atoms with E-state index in [9.17, 15) is 13.2 Å². The summed E-state index contributed by atoms with van der Waals surface area (Å²) in [7, 11) is -2.03. The minimum Gasteiger partial charge on any atom is -0.497 e. The normalized spacial score (nSPS) is 18.6. The molecule has 3 heterocycles. The molecule has 2 aliphatic heterocycles. The number of ketones is 1. The van der Waals surface area contributed by atoms with E-state index in [4.69, 9.17) is 14.2 Å². The summed E-state index contributed by atoms with van der Waals surface area (Å²) in [4.78, 5) is 23.3. The second-order valence-corrected chi connectivity index (χ2v) is 11.4. The summed E-state index contributed by atoms with van der Waals surface area (Å²) in [6.45, 7) is 2.07. The molecule has 2 fully saturated rings. The molecule has 11 heteroatoms. The minimum atomic E-state index is -3.64. The molecule has 0 bridgehead atoms.